The molecule has 8 heteroatoms. The molecule has 1 aliphatic carbocycles. The molecule has 1 saturated carbocycles. The first-order chi connectivity index (χ1) is 10.1. The Morgan fingerprint density at radius 1 is 1.67 bits per heavy atom. The number of nitriles is 1. The van der Waals surface area contributed by atoms with Gasteiger partial charge in [0.25, 0.3) is 0 Å². The van der Waals surface area contributed by atoms with E-state index >= 15 is 0 Å². The summed E-state index contributed by atoms with van der Waals surface area (Å²) in [6.07, 6.45) is 1.96. The summed E-state index contributed by atoms with van der Waals surface area (Å²) in [5.41, 5.74) is 0.0833. The molecule has 1 fully saturated rings. The molecule has 21 heavy (non-hydrogen) atoms. The van der Waals surface area contributed by atoms with Gasteiger partial charge in [0.1, 0.15) is 12.1 Å². The first-order valence-electron chi connectivity index (χ1n) is 6.63. The quantitative estimate of drug-likeness (QED) is 0.895. The number of thiophene rings is 1. The average Bonchev–Trinajstić information content (AvgIpc) is 3.00. The smallest absolute Gasteiger partial charge is 0.244 e. The van der Waals surface area contributed by atoms with Crippen LogP contribution in [0.5, 0.6) is 0 Å². The molecule has 108 valence electrons. The molecule has 1 atom stereocenters. The summed E-state index contributed by atoms with van der Waals surface area (Å²) < 4.78 is 0. The number of nitrogens with one attached hydrogen (secondary N) is 1. The van der Waals surface area contributed by atoms with Crippen molar-refractivity contribution in [1.82, 2.24) is 25.5 Å². The fourth-order valence-corrected chi connectivity index (χ4v) is 2.79. The van der Waals surface area contributed by atoms with Crippen molar-refractivity contribution in [3.8, 4) is 17.5 Å². The number of nitrogens with zero attached hydrogens (tertiary/aromatic N) is 5. The molecule has 0 spiro atoms. The van der Waals surface area contributed by atoms with Crippen LogP contribution in [0.4, 0.5) is 0 Å². The Balaban J connectivity index is 1.64. The molecule has 1 aliphatic rings. The first kappa shape index (κ1) is 13.7. The van der Waals surface area contributed by atoms with Crippen LogP contribution in [0.25, 0.3) is 11.4 Å². The van der Waals surface area contributed by atoms with Crippen molar-refractivity contribution in [2.24, 2.45) is 5.92 Å². The zero-order chi connectivity index (χ0) is 14.9. The van der Waals surface area contributed by atoms with Crippen LogP contribution in [-0.4, -0.2) is 31.7 Å². The third kappa shape index (κ3) is 2.92. The number of carbonyl (C=O) groups is 1. The molecule has 3 rings (SSSR count). The van der Waals surface area contributed by atoms with Crippen LogP contribution < -0.4 is 5.32 Å². The molecule has 0 aromatic carbocycles. The second kappa shape index (κ2) is 5.26. The van der Waals surface area contributed by atoms with Crippen molar-refractivity contribution in [2.75, 3.05) is 0 Å². The van der Waals surface area contributed by atoms with Crippen LogP contribution in [0.2, 0.25) is 0 Å². The van der Waals surface area contributed by atoms with Gasteiger partial charge in [0, 0.05) is 10.9 Å². The van der Waals surface area contributed by atoms with Gasteiger partial charge >= 0.3 is 0 Å². The zero-order valence-electron chi connectivity index (χ0n) is 11.5. The van der Waals surface area contributed by atoms with Crippen LogP contribution in [0.1, 0.15) is 19.8 Å². The summed E-state index contributed by atoms with van der Waals surface area (Å²) in [5, 5.41) is 27.8. The van der Waals surface area contributed by atoms with Gasteiger partial charge < -0.3 is 5.32 Å². The Kier molecular flexibility index (Phi) is 3.43. The van der Waals surface area contributed by atoms with Gasteiger partial charge in [-0.15, -0.1) is 10.2 Å². The van der Waals surface area contributed by atoms with E-state index in [9.17, 15) is 10.1 Å². The molecule has 0 aliphatic heterocycles. The van der Waals surface area contributed by atoms with Gasteiger partial charge in [0.15, 0.2) is 0 Å². The van der Waals surface area contributed by atoms with Crippen LogP contribution in [-0.2, 0) is 11.3 Å². The lowest BCUT2D eigenvalue weighted by Crippen LogP contribution is -2.48. The third-order valence-corrected chi connectivity index (χ3v) is 4.23. The van der Waals surface area contributed by atoms with Gasteiger partial charge in [0.2, 0.25) is 11.7 Å². The minimum atomic E-state index is -0.798. The maximum atomic E-state index is 12.0. The minimum absolute atomic E-state index is 0.0405. The lowest BCUT2D eigenvalue weighted by molar-refractivity contribution is -0.123. The molecular formula is C13H14N6OS. The Morgan fingerprint density at radius 3 is 3.10 bits per heavy atom. The molecule has 2 aromatic heterocycles. The summed E-state index contributed by atoms with van der Waals surface area (Å²) in [6.45, 7) is 1.72. The Labute approximate surface area is 125 Å². The van der Waals surface area contributed by atoms with Crippen molar-refractivity contribution >= 4 is 17.2 Å². The molecular weight excluding hydrogens is 288 g/mol. The lowest BCUT2D eigenvalue weighted by atomic mass is 9.98. The highest BCUT2D eigenvalue weighted by atomic mass is 32.1. The number of carbonyl (C=O) groups excluding carboxylic acids is 1. The predicted octanol–water partition coefficient (Wildman–Crippen LogP) is 1.21. The summed E-state index contributed by atoms with van der Waals surface area (Å²) >= 11 is 1.55. The van der Waals surface area contributed by atoms with E-state index in [2.05, 4.69) is 26.8 Å². The van der Waals surface area contributed by atoms with Crippen LogP contribution in [0, 0.1) is 17.2 Å². The van der Waals surface area contributed by atoms with Crippen molar-refractivity contribution in [1.29, 1.82) is 5.26 Å². The van der Waals surface area contributed by atoms with E-state index in [4.69, 9.17) is 0 Å². The minimum Gasteiger partial charge on any atom is -0.336 e. The average molecular weight is 302 g/mol. The molecule has 0 bridgehead atoms. The van der Waals surface area contributed by atoms with Crippen molar-refractivity contribution in [2.45, 2.75) is 31.8 Å². The van der Waals surface area contributed by atoms with Crippen molar-refractivity contribution in [3.63, 3.8) is 0 Å². The molecule has 2 aromatic rings. The highest BCUT2D eigenvalue weighted by molar-refractivity contribution is 7.08. The molecule has 1 amide bonds. The molecule has 2 heterocycles. The van der Waals surface area contributed by atoms with Gasteiger partial charge in [-0.05, 0) is 42.3 Å². The highest BCUT2D eigenvalue weighted by Crippen LogP contribution is 2.39. The second-order valence-electron chi connectivity index (χ2n) is 5.29. The molecule has 1 N–H and O–H groups in total. The third-order valence-electron chi connectivity index (χ3n) is 3.54. The lowest BCUT2D eigenvalue weighted by Gasteiger charge is -2.22. The largest absolute Gasteiger partial charge is 0.336 e. The molecule has 0 unspecified atom stereocenters. The van der Waals surface area contributed by atoms with Gasteiger partial charge in [0.05, 0.1) is 6.07 Å². The standard InChI is InChI=1S/C13H14N6OS/c1-13(8-14,10-2-3-10)15-11(20)6-19-17-12(16-18-19)9-4-5-21-7-9/h4-5,7,10H,2-3,6H2,1H3,(H,15,20)/t13-/m1/s1. The Hall–Kier alpha value is -2.27. The normalized spacial score (nSPS) is 17.0. The molecule has 0 radical (unpaired) electrons. The Morgan fingerprint density at radius 2 is 2.48 bits per heavy atom. The topological polar surface area (TPSA) is 96.5 Å². The molecule has 7 nitrogen and oxygen atoms in total. The van der Waals surface area contributed by atoms with E-state index in [1.807, 2.05) is 16.8 Å². The number of aromatic nitrogens is 4. The number of hydrogen-bond acceptors (Lipinski definition) is 6. The van der Waals surface area contributed by atoms with Gasteiger partial charge in [-0.3, -0.25) is 4.79 Å². The van der Waals surface area contributed by atoms with Crippen molar-refractivity contribution in [3.05, 3.63) is 16.8 Å². The number of rotatable bonds is 5. The molecule has 0 saturated heterocycles. The van der Waals surface area contributed by atoms with Gasteiger partial charge in [-0.1, -0.05) is 0 Å². The number of tetrazole rings is 1. The number of hydrogen-bond donors (Lipinski definition) is 1. The highest BCUT2D eigenvalue weighted by Gasteiger charge is 2.43. The van der Waals surface area contributed by atoms with Gasteiger partial charge in [-0.2, -0.15) is 21.4 Å². The SMILES string of the molecule is C[C@](C#N)(NC(=O)Cn1nnc(-c2ccsc2)n1)C1CC1. The van der Waals surface area contributed by atoms with Crippen LogP contribution in [0.15, 0.2) is 16.8 Å². The predicted molar refractivity (Wildman–Crippen MR) is 76.0 cm³/mol. The summed E-state index contributed by atoms with van der Waals surface area (Å²) in [5.74, 6) is 0.464. The Bertz CT molecular complexity index is 684. The first-order valence-corrected chi connectivity index (χ1v) is 7.57. The van der Waals surface area contributed by atoms with Crippen molar-refractivity contribution < 1.29 is 4.79 Å². The van der Waals surface area contributed by atoms with E-state index in [-0.39, 0.29) is 18.4 Å². The van der Waals surface area contributed by atoms with E-state index in [0.717, 1.165) is 18.4 Å². The summed E-state index contributed by atoms with van der Waals surface area (Å²) in [7, 11) is 0. The van der Waals surface area contributed by atoms with E-state index in [1.54, 1.807) is 18.3 Å². The van der Waals surface area contributed by atoms with E-state index in [1.165, 1.54) is 4.80 Å². The van der Waals surface area contributed by atoms with Gasteiger partial charge in [-0.25, -0.2) is 0 Å². The van der Waals surface area contributed by atoms with E-state index < -0.39 is 5.54 Å². The zero-order valence-corrected chi connectivity index (χ0v) is 12.3. The van der Waals surface area contributed by atoms with Crippen LogP contribution >= 0.6 is 11.3 Å². The second-order valence-corrected chi connectivity index (χ2v) is 6.07. The summed E-state index contributed by atoms with van der Waals surface area (Å²) in [4.78, 5) is 13.3. The monoisotopic (exact) mass is 302 g/mol. The van der Waals surface area contributed by atoms with E-state index in [0.29, 0.717) is 5.82 Å². The fraction of sp³-hybridized carbons (Fsp3) is 0.462. The maximum absolute atomic E-state index is 12.0. The van der Waals surface area contributed by atoms with Crippen LogP contribution in [0.3, 0.4) is 0 Å². The fourth-order valence-electron chi connectivity index (χ4n) is 2.16. The number of amides is 1. The summed E-state index contributed by atoms with van der Waals surface area (Å²) in [6, 6.07) is 4.08. The maximum Gasteiger partial charge on any atom is 0.244 e.